The molecule has 1 aliphatic carbocycles. The van der Waals surface area contributed by atoms with Gasteiger partial charge in [-0.3, -0.25) is 4.79 Å². The predicted molar refractivity (Wildman–Crippen MR) is 132 cm³/mol. The van der Waals surface area contributed by atoms with Crippen LogP contribution in [0, 0.1) is 0 Å². The first-order valence-electron chi connectivity index (χ1n) is 12.3. The summed E-state index contributed by atoms with van der Waals surface area (Å²) in [6, 6.07) is 1.83. The molecule has 9 nitrogen and oxygen atoms in total. The molecule has 4 aromatic heterocycles. The monoisotopic (exact) mass is 515 g/mol. The van der Waals surface area contributed by atoms with Crippen molar-refractivity contribution < 1.29 is 22.7 Å². The Morgan fingerprint density at radius 3 is 2.78 bits per heavy atom. The van der Waals surface area contributed by atoms with Gasteiger partial charge in [-0.05, 0) is 57.2 Å². The largest absolute Gasteiger partial charge is 0.408 e. The lowest BCUT2D eigenvalue weighted by Gasteiger charge is -2.28. The molecular formula is C25H28F3N7O2. The third-order valence-electron chi connectivity index (χ3n) is 6.76. The van der Waals surface area contributed by atoms with Crippen molar-refractivity contribution in [2.24, 2.45) is 0 Å². The average Bonchev–Trinajstić information content (AvgIpc) is 3.48. The van der Waals surface area contributed by atoms with E-state index in [1.807, 2.05) is 18.3 Å². The molecule has 0 aromatic carbocycles. The van der Waals surface area contributed by atoms with Crippen molar-refractivity contribution in [2.45, 2.75) is 63.9 Å². The van der Waals surface area contributed by atoms with Crippen LogP contribution in [0.4, 0.5) is 19.1 Å². The summed E-state index contributed by atoms with van der Waals surface area (Å²) >= 11 is 0. The van der Waals surface area contributed by atoms with E-state index >= 15 is 0 Å². The molecule has 5 rings (SSSR count). The standard InChI is InChI=1S/C25H28F3N7O2/c1-3-37-17-6-4-16(5-7-17)33-24-30-12-19-18(11-29-22(19)34-24)15-8-9-35-21(10-15)20(13-31-35)23(36)32-14(2)25(26,27)28/h8-14,16-17H,3-7H2,1-2H3,(H,32,36)(H2,29,30,33,34)/t14?,16-,17+. The number of carbonyl (C=O) groups excluding carboxylic acids is 1. The molecule has 1 amide bonds. The van der Waals surface area contributed by atoms with Gasteiger partial charge < -0.3 is 20.4 Å². The maximum Gasteiger partial charge on any atom is 0.408 e. The van der Waals surface area contributed by atoms with Gasteiger partial charge in [0, 0.05) is 42.2 Å². The quantitative estimate of drug-likeness (QED) is 0.329. The van der Waals surface area contributed by atoms with Gasteiger partial charge in [0.15, 0.2) is 0 Å². The van der Waals surface area contributed by atoms with Crippen molar-refractivity contribution in [3.63, 3.8) is 0 Å². The van der Waals surface area contributed by atoms with Gasteiger partial charge in [-0.15, -0.1) is 0 Å². The van der Waals surface area contributed by atoms with Crippen LogP contribution in [-0.2, 0) is 4.74 Å². The van der Waals surface area contributed by atoms with E-state index in [9.17, 15) is 18.0 Å². The molecule has 1 unspecified atom stereocenters. The van der Waals surface area contributed by atoms with Crippen LogP contribution < -0.4 is 10.6 Å². The summed E-state index contributed by atoms with van der Waals surface area (Å²) in [7, 11) is 0. The van der Waals surface area contributed by atoms with E-state index in [0.29, 0.717) is 23.2 Å². The highest BCUT2D eigenvalue weighted by Gasteiger charge is 2.37. The lowest BCUT2D eigenvalue weighted by Crippen LogP contribution is -2.43. The summed E-state index contributed by atoms with van der Waals surface area (Å²) < 4.78 is 45.9. The fourth-order valence-electron chi connectivity index (χ4n) is 4.69. The number of H-pyrrole nitrogens is 1. The number of aromatic amines is 1. The summed E-state index contributed by atoms with van der Waals surface area (Å²) in [6.45, 7) is 3.65. The highest BCUT2D eigenvalue weighted by molar-refractivity contribution is 6.02. The minimum absolute atomic E-state index is 0.0552. The molecule has 1 saturated carbocycles. The third kappa shape index (κ3) is 5.24. The van der Waals surface area contributed by atoms with Gasteiger partial charge in [-0.1, -0.05) is 0 Å². The Hall–Kier alpha value is -3.67. The number of anilines is 1. The molecule has 1 aliphatic rings. The molecule has 0 spiro atoms. The molecule has 37 heavy (non-hydrogen) atoms. The number of amides is 1. The van der Waals surface area contributed by atoms with E-state index in [2.05, 4.69) is 25.4 Å². The number of fused-ring (bicyclic) bond motifs is 2. The maximum absolute atomic E-state index is 12.9. The second-order valence-electron chi connectivity index (χ2n) is 9.27. The van der Waals surface area contributed by atoms with E-state index in [4.69, 9.17) is 4.74 Å². The zero-order valence-corrected chi connectivity index (χ0v) is 20.5. The van der Waals surface area contributed by atoms with Gasteiger partial charge in [0.25, 0.3) is 5.91 Å². The van der Waals surface area contributed by atoms with Crippen molar-refractivity contribution in [1.29, 1.82) is 0 Å². The Balaban J connectivity index is 1.35. The number of halogens is 3. The van der Waals surface area contributed by atoms with E-state index in [1.165, 1.54) is 10.7 Å². The molecule has 0 aliphatic heterocycles. The molecule has 1 atom stereocenters. The number of hydrogen-bond donors (Lipinski definition) is 3. The number of pyridine rings is 1. The lowest BCUT2D eigenvalue weighted by molar-refractivity contribution is -0.149. The van der Waals surface area contributed by atoms with Gasteiger partial charge in [0.1, 0.15) is 11.7 Å². The molecule has 12 heteroatoms. The van der Waals surface area contributed by atoms with Gasteiger partial charge in [-0.2, -0.15) is 23.3 Å². The first kappa shape index (κ1) is 25.0. The smallest absolute Gasteiger partial charge is 0.379 e. The first-order valence-corrected chi connectivity index (χ1v) is 12.3. The second kappa shape index (κ2) is 10.0. The van der Waals surface area contributed by atoms with E-state index in [0.717, 1.165) is 55.7 Å². The number of nitrogens with one attached hydrogen (secondary N) is 3. The number of ether oxygens (including phenoxy) is 1. The van der Waals surface area contributed by atoms with Crippen molar-refractivity contribution >= 4 is 28.4 Å². The van der Waals surface area contributed by atoms with Crippen molar-refractivity contribution in [3.05, 3.63) is 42.5 Å². The van der Waals surface area contributed by atoms with Crippen molar-refractivity contribution in [1.82, 2.24) is 29.9 Å². The molecule has 1 fully saturated rings. The Morgan fingerprint density at radius 2 is 2.05 bits per heavy atom. The number of carbonyl (C=O) groups is 1. The Morgan fingerprint density at radius 1 is 1.27 bits per heavy atom. The molecule has 0 radical (unpaired) electrons. The summed E-state index contributed by atoms with van der Waals surface area (Å²) in [6.07, 6.45) is 6.23. The van der Waals surface area contributed by atoms with Crippen LogP contribution in [0.5, 0.6) is 0 Å². The Labute approximate surface area is 210 Å². The van der Waals surface area contributed by atoms with E-state index in [-0.39, 0.29) is 11.6 Å². The van der Waals surface area contributed by atoms with Crippen LogP contribution in [0.2, 0.25) is 0 Å². The number of nitrogens with zero attached hydrogens (tertiary/aromatic N) is 4. The van der Waals surface area contributed by atoms with Crippen LogP contribution >= 0.6 is 0 Å². The molecule has 3 N–H and O–H groups in total. The first-order chi connectivity index (χ1) is 17.7. The maximum atomic E-state index is 12.9. The SMILES string of the molecule is CCO[C@H]1CC[C@@H](Nc2ncc3c(-c4ccn5ncc(C(=O)NC(C)C(F)(F)F)c5c4)c[nH]c3n2)CC1. The van der Waals surface area contributed by atoms with Gasteiger partial charge in [0.05, 0.1) is 23.4 Å². The predicted octanol–water partition coefficient (Wildman–Crippen LogP) is 4.71. The second-order valence-corrected chi connectivity index (χ2v) is 9.27. The average molecular weight is 516 g/mol. The van der Waals surface area contributed by atoms with Crippen LogP contribution in [0.3, 0.4) is 0 Å². The lowest BCUT2D eigenvalue weighted by atomic mass is 9.93. The number of alkyl halides is 3. The minimum atomic E-state index is -4.54. The van der Waals surface area contributed by atoms with Crippen LogP contribution in [0.15, 0.2) is 36.9 Å². The number of rotatable bonds is 7. The molecule has 196 valence electrons. The van der Waals surface area contributed by atoms with Crippen LogP contribution in [0.25, 0.3) is 27.7 Å². The summed E-state index contributed by atoms with van der Waals surface area (Å²) in [5.74, 6) is -0.296. The highest BCUT2D eigenvalue weighted by atomic mass is 19.4. The highest BCUT2D eigenvalue weighted by Crippen LogP contribution is 2.30. The molecule has 4 aromatic rings. The fourth-order valence-corrected chi connectivity index (χ4v) is 4.69. The van der Waals surface area contributed by atoms with E-state index < -0.39 is 18.1 Å². The minimum Gasteiger partial charge on any atom is -0.379 e. The Bertz CT molecular complexity index is 1410. The van der Waals surface area contributed by atoms with Crippen molar-refractivity contribution in [3.8, 4) is 11.1 Å². The van der Waals surface area contributed by atoms with Crippen LogP contribution in [-0.4, -0.2) is 61.4 Å². The molecule has 0 saturated heterocycles. The molecule has 4 heterocycles. The summed E-state index contributed by atoms with van der Waals surface area (Å²) in [5.41, 5.74) is 2.65. The zero-order chi connectivity index (χ0) is 26.2. The third-order valence-corrected chi connectivity index (χ3v) is 6.76. The van der Waals surface area contributed by atoms with Gasteiger partial charge in [-0.25, -0.2) is 9.50 Å². The zero-order valence-electron chi connectivity index (χ0n) is 20.5. The molecular weight excluding hydrogens is 487 g/mol. The summed E-state index contributed by atoms with van der Waals surface area (Å²) in [5, 5.41) is 10.3. The number of aromatic nitrogens is 5. The Kier molecular flexibility index (Phi) is 6.76. The fraction of sp³-hybridized carbons (Fsp3) is 0.440. The van der Waals surface area contributed by atoms with Gasteiger partial charge >= 0.3 is 6.18 Å². The summed E-state index contributed by atoms with van der Waals surface area (Å²) in [4.78, 5) is 24.8. The van der Waals surface area contributed by atoms with Gasteiger partial charge in [0.2, 0.25) is 5.95 Å². The number of hydrogen-bond acceptors (Lipinski definition) is 6. The van der Waals surface area contributed by atoms with Crippen molar-refractivity contribution in [2.75, 3.05) is 11.9 Å². The van der Waals surface area contributed by atoms with Crippen LogP contribution in [0.1, 0.15) is 49.9 Å². The normalized spacial score (nSPS) is 19.3. The molecule has 0 bridgehead atoms. The van der Waals surface area contributed by atoms with E-state index in [1.54, 1.807) is 24.7 Å². The topological polar surface area (TPSA) is 109 Å².